The molecule has 0 spiro atoms. The van der Waals surface area contributed by atoms with E-state index in [0.29, 0.717) is 13.2 Å². The standard InChI is InChI=1S/C15H25BrN2O2/c1-4-17-12-13-5-6-15(14(16)11-13)18(7-9-19-2)8-10-20-3/h5-6,11,17H,4,7-10,12H2,1-3H3. The van der Waals surface area contributed by atoms with Gasteiger partial charge in [0.05, 0.1) is 18.9 Å². The normalized spacial score (nSPS) is 10.8. The van der Waals surface area contributed by atoms with Gasteiger partial charge in [-0.15, -0.1) is 0 Å². The molecule has 0 atom stereocenters. The zero-order valence-electron chi connectivity index (χ0n) is 12.6. The fourth-order valence-corrected chi connectivity index (χ4v) is 2.62. The lowest BCUT2D eigenvalue weighted by Crippen LogP contribution is -2.31. The van der Waals surface area contributed by atoms with Crippen molar-refractivity contribution in [2.75, 3.05) is 52.0 Å². The lowest BCUT2D eigenvalue weighted by Gasteiger charge is -2.25. The number of benzene rings is 1. The summed E-state index contributed by atoms with van der Waals surface area (Å²) >= 11 is 3.67. The molecule has 5 heteroatoms. The molecule has 1 N–H and O–H groups in total. The molecule has 0 aromatic heterocycles. The molecule has 0 bridgehead atoms. The van der Waals surface area contributed by atoms with Crippen LogP contribution >= 0.6 is 15.9 Å². The molecule has 1 aromatic carbocycles. The van der Waals surface area contributed by atoms with Crippen LogP contribution in [0.5, 0.6) is 0 Å². The predicted molar refractivity (Wildman–Crippen MR) is 87.5 cm³/mol. The van der Waals surface area contributed by atoms with E-state index in [1.807, 2.05) is 0 Å². The summed E-state index contributed by atoms with van der Waals surface area (Å²) in [5.41, 5.74) is 2.46. The third-order valence-electron chi connectivity index (χ3n) is 3.06. The first-order chi connectivity index (χ1) is 9.72. The van der Waals surface area contributed by atoms with Gasteiger partial charge >= 0.3 is 0 Å². The number of rotatable bonds is 10. The van der Waals surface area contributed by atoms with Crippen LogP contribution in [0.25, 0.3) is 0 Å². The highest BCUT2D eigenvalue weighted by atomic mass is 79.9. The first-order valence-corrected chi connectivity index (χ1v) is 7.74. The molecule has 0 aliphatic carbocycles. The largest absolute Gasteiger partial charge is 0.383 e. The van der Waals surface area contributed by atoms with Gasteiger partial charge in [-0.05, 0) is 40.2 Å². The highest BCUT2D eigenvalue weighted by Gasteiger charge is 2.10. The first-order valence-electron chi connectivity index (χ1n) is 6.94. The fraction of sp³-hybridized carbons (Fsp3) is 0.600. The Morgan fingerprint density at radius 1 is 1.15 bits per heavy atom. The molecule has 4 nitrogen and oxygen atoms in total. The number of hydrogen-bond acceptors (Lipinski definition) is 4. The van der Waals surface area contributed by atoms with E-state index in [1.54, 1.807) is 14.2 Å². The van der Waals surface area contributed by atoms with Crippen LogP contribution in [0.1, 0.15) is 12.5 Å². The number of anilines is 1. The second-order valence-corrected chi connectivity index (χ2v) is 5.39. The van der Waals surface area contributed by atoms with Crippen LogP contribution in [-0.4, -0.2) is 47.1 Å². The van der Waals surface area contributed by atoms with Gasteiger partial charge in [0.25, 0.3) is 0 Å². The van der Waals surface area contributed by atoms with Gasteiger partial charge in [-0.2, -0.15) is 0 Å². The highest BCUT2D eigenvalue weighted by molar-refractivity contribution is 9.10. The Balaban J connectivity index is 2.78. The average molecular weight is 345 g/mol. The Labute approximate surface area is 130 Å². The molecule has 0 unspecified atom stereocenters. The molecule has 0 radical (unpaired) electrons. The van der Waals surface area contributed by atoms with Crippen LogP contribution in [0.15, 0.2) is 22.7 Å². The quantitative estimate of drug-likeness (QED) is 0.707. The van der Waals surface area contributed by atoms with Crippen LogP contribution < -0.4 is 10.2 Å². The van der Waals surface area contributed by atoms with E-state index in [-0.39, 0.29) is 0 Å². The summed E-state index contributed by atoms with van der Waals surface area (Å²) in [6.07, 6.45) is 0. The van der Waals surface area contributed by atoms with Gasteiger partial charge < -0.3 is 19.7 Å². The molecule has 0 aliphatic rings. The van der Waals surface area contributed by atoms with Gasteiger partial charge in [-0.1, -0.05) is 13.0 Å². The zero-order chi connectivity index (χ0) is 14.8. The summed E-state index contributed by atoms with van der Waals surface area (Å²) in [7, 11) is 3.45. The molecule has 1 rings (SSSR count). The molecule has 0 saturated carbocycles. The van der Waals surface area contributed by atoms with E-state index >= 15 is 0 Å². The second-order valence-electron chi connectivity index (χ2n) is 4.54. The number of methoxy groups -OCH3 is 2. The Bertz CT molecular complexity index is 380. The molecule has 20 heavy (non-hydrogen) atoms. The molecule has 0 amide bonds. The van der Waals surface area contributed by atoms with Crippen LogP contribution in [0, 0.1) is 0 Å². The summed E-state index contributed by atoms with van der Waals surface area (Å²) in [6, 6.07) is 6.49. The van der Waals surface area contributed by atoms with Crippen LogP contribution in [0.3, 0.4) is 0 Å². The summed E-state index contributed by atoms with van der Waals surface area (Å²) in [4.78, 5) is 2.27. The fourth-order valence-electron chi connectivity index (χ4n) is 1.94. The van der Waals surface area contributed by atoms with Crippen molar-refractivity contribution in [3.05, 3.63) is 28.2 Å². The van der Waals surface area contributed by atoms with E-state index in [9.17, 15) is 0 Å². The van der Waals surface area contributed by atoms with E-state index in [1.165, 1.54) is 11.3 Å². The number of nitrogens with one attached hydrogen (secondary N) is 1. The molecule has 0 aliphatic heterocycles. The molecular formula is C15H25BrN2O2. The van der Waals surface area contributed by atoms with Gasteiger partial charge in [-0.25, -0.2) is 0 Å². The molecule has 114 valence electrons. The van der Waals surface area contributed by atoms with Gasteiger partial charge in [0, 0.05) is 38.3 Å². The molecule has 0 saturated heterocycles. The highest BCUT2D eigenvalue weighted by Crippen LogP contribution is 2.27. The summed E-state index contributed by atoms with van der Waals surface area (Å²) in [5.74, 6) is 0. The Kier molecular flexibility index (Phi) is 8.85. The van der Waals surface area contributed by atoms with Gasteiger partial charge in [0.2, 0.25) is 0 Å². The SMILES string of the molecule is CCNCc1ccc(N(CCOC)CCOC)c(Br)c1. The third kappa shape index (κ3) is 5.79. The Morgan fingerprint density at radius 2 is 1.80 bits per heavy atom. The van der Waals surface area contributed by atoms with Crippen molar-refractivity contribution in [1.82, 2.24) is 5.32 Å². The maximum atomic E-state index is 5.18. The smallest absolute Gasteiger partial charge is 0.0637 e. The predicted octanol–water partition coefficient (Wildman–Crippen LogP) is 2.66. The molecule has 0 heterocycles. The van der Waals surface area contributed by atoms with Crippen LogP contribution in [-0.2, 0) is 16.0 Å². The van der Waals surface area contributed by atoms with Gasteiger partial charge in [-0.3, -0.25) is 0 Å². The molecule has 1 aromatic rings. The third-order valence-corrected chi connectivity index (χ3v) is 3.70. The minimum atomic E-state index is 0.704. The number of halogens is 1. The number of nitrogens with zero attached hydrogens (tertiary/aromatic N) is 1. The summed E-state index contributed by atoms with van der Waals surface area (Å²) < 4.78 is 11.5. The minimum absolute atomic E-state index is 0.704. The summed E-state index contributed by atoms with van der Waals surface area (Å²) in [5, 5.41) is 3.33. The van der Waals surface area contributed by atoms with Crippen molar-refractivity contribution in [2.24, 2.45) is 0 Å². The molecular weight excluding hydrogens is 320 g/mol. The van der Waals surface area contributed by atoms with Crippen molar-refractivity contribution in [3.8, 4) is 0 Å². The van der Waals surface area contributed by atoms with E-state index in [2.05, 4.69) is 51.3 Å². The summed E-state index contributed by atoms with van der Waals surface area (Å²) in [6.45, 7) is 7.10. The van der Waals surface area contributed by atoms with E-state index < -0.39 is 0 Å². The maximum Gasteiger partial charge on any atom is 0.0637 e. The number of ether oxygens (including phenoxy) is 2. The lowest BCUT2D eigenvalue weighted by atomic mass is 10.2. The van der Waals surface area contributed by atoms with Gasteiger partial charge in [0.15, 0.2) is 0 Å². The second kappa shape index (κ2) is 10.2. The molecule has 0 fully saturated rings. The van der Waals surface area contributed by atoms with Crippen LogP contribution in [0.2, 0.25) is 0 Å². The lowest BCUT2D eigenvalue weighted by molar-refractivity contribution is 0.190. The Hall–Kier alpha value is -0.620. The van der Waals surface area contributed by atoms with E-state index in [0.717, 1.165) is 30.7 Å². The van der Waals surface area contributed by atoms with Crippen molar-refractivity contribution in [1.29, 1.82) is 0 Å². The van der Waals surface area contributed by atoms with Gasteiger partial charge in [0.1, 0.15) is 0 Å². The minimum Gasteiger partial charge on any atom is -0.383 e. The van der Waals surface area contributed by atoms with Crippen LogP contribution in [0.4, 0.5) is 5.69 Å². The van der Waals surface area contributed by atoms with Crippen molar-refractivity contribution in [3.63, 3.8) is 0 Å². The topological polar surface area (TPSA) is 33.7 Å². The van der Waals surface area contributed by atoms with Crippen molar-refractivity contribution >= 4 is 21.6 Å². The monoisotopic (exact) mass is 344 g/mol. The Morgan fingerprint density at radius 3 is 2.30 bits per heavy atom. The number of hydrogen-bond donors (Lipinski definition) is 1. The zero-order valence-corrected chi connectivity index (χ0v) is 14.2. The average Bonchev–Trinajstić information content (AvgIpc) is 2.46. The van der Waals surface area contributed by atoms with E-state index in [4.69, 9.17) is 9.47 Å². The van der Waals surface area contributed by atoms with Crippen molar-refractivity contribution < 1.29 is 9.47 Å². The van der Waals surface area contributed by atoms with Crippen molar-refractivity contribution in [2.45, 2.75) is 13.5 Å². The maximum absolute atomic E-state index is 5.18. The first kappa shape index (κ1) is 17.4.